The van der Waals surface area contributed by atoms with Crippen molar-refractivity contribution in [3.63, 3.8) is 0 Å². The maximum atomic E-state index is 5.00. The Bertz CT molecular complexity index is 754. The molecule has 3 rings (SSSR count). The Hall–Kier alpha value is -1.58. The van der Waals surface area contributed by atoms with Crippen molar-refractivity contribution >= 4 is 17.7 Å². The van der Waals surface area contributed by atoms with Gasteiger partial charge in [0, 0.05) is 36.8 Å². The average molecular weight is 441 g/mol. The molecule has 1 heterocycles. The van der Waals surface area contributed by atoms with Crippen LogP contribution in [0.1, 0.15) is 78.4 Å². The molecule has 0 saturated heterocycles. The van der Waals surface area contributed by atoms with E-state index >= 15 is 0 Å². The predicted octanol–water partition coefficient (Wildman–Crippen LogP) is 8.41. The third-order valence-corrected chi connectivity index (χ3v) is 6.37. The van der Waals surface area contributed by atoms with E-state index in [9.17, 15) is 0 Å². The van der Waals surface area contributed by atoms with E-state index < -0.39 is 0 Å². The fourth-order valence-electron chi connectivity index (χ4n) is 3.85. The van der Waals surface area contributed by atoms with E-state index in [1.54, 1.807) is 0 Å². The summed E-state index contributed by atoms with van der Waals surface area (Å²) in [5.41, 5.74) is 7.04. The minimum atomic E-state index is 0.511. The molecule has 0 saturated carbocycles. The second kappa shape index (κ2) is 16.1. The lowest BCUT2D eigenvalue weighted by Gasteiger charge is -2.17. The van der Waals surface area contributed by atoms with Gasteiger partial charge in [-0.3, -0.25) is 4.99 Å². The topological polar surface area (TPSA) is 15.6 Å². The van der Waals surface area contributed by atoms with E-state index in [0.717, 1.165) is 38.8 Å². The van der Waals surface area contributed by atoms with Crippen LogP contribution >= 0.6 is 11.9 Å². The van der Waals surface area contributed by atoms with Crippen molar-refractivity contribution in [2.75, 3.05) is 12.8 Å². The lowest BCUT2D eigenvalue weighted by molar-refractivity contribution is 0.494. The zero-order valence-electron chi connectivity index (χ0n) is 20.9. The molecule has 172 valence electrons. The van der Waals surface area contributed by atoms with Crippen LogP contribution in [0.4, 0.5) is 0 Å². The average Bonchev–Trinajstić information content (AvgIpc) is 3.21. The van der Waals surface area contributed by atoms with Gasteiger partial charge in [-0.2, -0.15) is 0 Å². The summed E-state index contributed by atoms with van der Waals surface area (Å²) in [6.45, 7) is 14.6. The number of hydrogen-bond acceptors (Lipinski definition) is 3. The summed E-state index contributed by atoms with van der Waals surface area (Å²) >= 11 is 1.82. The first kappa shape index (κ1) is 27.5. The van der Waals surface area contributed by atoms with Crippen molar-refractivity contribution < 1.29 is 0 Å². The summed E-state index contributed by atoms with van der Waals surface area (Å²) in [6.07, 6.45) is 16.6. The number of nitrogens with zero attached hydrogens (tertiary/aromatic N) is 2. The molecule has 0 amide bonds. The highest BCUT2D eigenvalue weighted by Gasteiger charge is 2.20. The van der Waals surface area contributed by atoms with Gasteiger partial charge < -0.3 is 0 Å². The lowest BCUT2D eigenvalue weighted by atomic mass is 9.93. The second-order valence-corrected chi connectivity index (χ2v) is 8.36. The third kappa shape index (κ3) is 9.21. The van der Waals surface area contributed by atoms with Crippen LogP contribution in [-0.2, 0) is 13.0 Å². The van der Waals surface area contributed by atoms with Gasteiger partial charge in [0.15, 0.2) is 0 Å². The molecule has 1 unspecified atom stereocenters. The molecule has 0 fully saturated rings. The van der Waals surface area contributed by atoms with Gasteiger partial charge in [0.05, 0.1) is 0 Å². The Morgan fingerprint density at radius 2 is 1.81 bits per heavy atom. The molecule has 0 radical (unpaired) electrons. The molecule has 1 atom stereocenters. The molecule has 3 heteroatoms. The second-order valence-electron chi connectivity index (χ2n) is 7.47. The van der Waals surface area contributed by atoms with Crippen molar-refractivity contribution in [2.24, 2.45) is 10.9 Å². The van der Waals surface area contributed by atoms with Gasteiger partial charge in [0.2, 0.25) is 0 Å². The number of hydrogen-bond donors (Lipinski definition) is 0. The van der Waals surface area contributed by atoms with Crippen molar-refractivity contribution in [3.05, 3.63) is 71.0 Å². The molecular formula is C28H44N2S. The van der Waals surface area contributed by atoms with Gasteiger partial charge in [0.25, 0.3) is 0 Å². The van der Waals surface area contributed by atoms with E-state index in [2.05, 4.69) is 73.0 Å². The van der Waals surface area contributed by atoms with Crippen LogP contribution < -0.4 is 0 Å². The first-order valence-electron chi connectivity index (χ1n) is 12.2. The quantitative estimate of drug-likeness (QED) is 0.358. The maximum absolute atomic E-state index is 5.00. The van der Waals surface area contributed by atoms with Crippen LogP contribution in [0.2, 0.25) is 0 Å². The van der Waals surface area contributed by atoms with E-state index in [1.807, 2.05) is 39.6 Å². The Morgan fingerprint density at radius 3 is 2.45 bits per heavy atom. The van der Waals surface area contributed by atoms with Crippen LogP contribution in [0.15, 0.2) is 64.8 Å². The lowest BCUT2D eigenvalue weighted by Crippen LogP contribution is -2.13. The first-order chi connectivity index (χ1) is 15.2. The molecule has 2 nitrogen and oxygen atoms in total. The van der Waals surface area contributed by atoms with E-state index in [-0.39, 0.29) is 0 Å². The van der Waals surface area contributed by atoms with Crippen molar-refractivity contribution in [1.29, 1.82) is 0 Å². The predicted molar refractivity (Wildman–Crippen MR) is 143 cm³/mol. The monoisotopic (exact) mass is 440 g/mol. The zero-order valence-corrected chi connectivity index (χ0v) is 21.8. The maximum Gasteiger partial charge on any atom is 0.0396 e. The number of aliphatic imine (C=N–C) groups is 1. The Balaban J connectivity index is 0.00000113. The summed E-state index contributed by atoms with van der Waals surface area (Å²) in [7, 11) is 0. The minimum absolute atomic E-state index is 0.511. The van der Waals surface area contributed by atoms with Crippen molar-refractivity contribution in [3.8, 4) is 0 Å². The number of benzene rings is 1. The summed E-state index contributed by atoms with van der Waals surface area (Å²) in [5.74, 6) is 0.511. The molecule has 0 N–H and O–H groups in total. The number of allylic oxidation sites excluding steroid dienone is 6. The molecule has 1 aliphatic carbocycles. The summed E-state index contributed by atoms with van der Waals surface area (Å²) in [4.78, 5) is 5.00. The van der Waals surface area contributed by atoms with Gasteiger partial charge in [0.1, 0.15) is 0 Å². The van der Waals surface area contributed by atoms with E-state index in [0.29, 0.717) is 5.92 Å². The van der Waals surface area contributed by atoms with Crippen molar-refractivity contribution in [2.45, 2.75) is 80.2 Å². The molecule has 1 aliphatic heterocycles. The van der Waals surface area contributed by atoms with Crippen molar-refractivity contribution in [1.82, 2.24) is 4.31 Å². The normalized spacial score (nSPS) is 17.2. The SMILES string of the molecule is CC.CC.CCN(Cc1cccc(CCCC2=C(C)CC(C3C=CC=CC3)=N2)c1)SC. The Morgan fingerprint density at radius 1 is 1.06 bits per heavy atom. The van der Waals surface area contributed by atoms with Gasteiger partial charge in [-0.05, 0) is 55.6 Å². The fraction of sp³-hybridized carbons (Fsp3) is 0.536. The van der Waals surface area contributed by atoms with Crippen LogP contribution in [0.5, 0.6) is 0 Å². The molecule has 0 spiro atoms. The van der Waals surface area contributed by atoms with Gasteiger partial charge in [-0.1, -0.05) is 95.1 Å². The van der Waals surface area contributed by atoms with Crippen LogP contribution in [-0.4, -0.2) is 22.8 Å². The molecular weight excluding hydrogens is 396 g/mol. The standard InChI is InChI=1S/C24H32N2S.2C2H6/c1-4-26(27-3)18-21-12-8-10-20(17-21)11-9-15-23-19(2)16-24(25-23)22-13-6-5-7-14-22;2*1-2/h5-8,10,12-13,17,22H,4,9,11,14-16,18H2,1-3H3;2*1-2H3. The van der Waals surface area contributed by atoms with Gasteiger partial charge in [-0.15, -0.1) is 0 Å². The van der Waals surface area contributed by atoms with E-state index in [1.165, 1.54) is 34.5 Å². The van der Waals surface area contributed by atoms with Gasteiger partial charge in [-0.25, -0.2) is 4.31 Å². The summed E-state index contributed by atoms with van der Waals surface area (Å²) < 4.78 is 2.39. The molecule has 0 aromatic heterocycles. The zero-order chi connectivity index (χ0) is 23.1. The third-order valence-electron chi connectivity index (χ3n) is 5.47. The van der Waals surface area contributed by atoms with Crippen LogP contribution in [0.3, 0.4) is 0 Å². The Kier molecular flexibility index (Phi) is 14.3. The van der Waals surface area contributed by atoms with E-state index in [4.69, 9.17) is 4.99 Å². The Labute approximate surface area is 196 Å². The smallest absolute Gasteiger partial charge is 0.0396 e. The highest BCUT2D eigenvalue weighted by molar-refractivity contribution is 7.96. The first-order valence-corrected chi connectivity index (χ1v) is 13.3. The van der Waals surface area contributed by atoms with Crippen LogP contribution in [0, 0.1) is 5.92 Å². The van der Waals surface area contributed by atoms with Crippen LogP contribution in [0.25, 0.3) is 0 Å². The fourth-order valence-corrected chi connectivity index (χ4v) is 4.38. The number of aryl methyl sites for hydroxylation is 1. The molecule has 0 bridgehead atoms. The minimum Gasteiger partial charge on any atom is -0.261 e. The molecule has 1 aromatic rings. The highest BCUT2D eigenvalue weighted by atomic mass is 32.2. The highest BCUT2D eigenvalue weighted by Crippen LogP contribution is 2.29. The largest absolute Gasteiger partial charge is 0.261 e. The summed E-state index contributed by atoms with van der Waals surface area (Å²) in [6, 6.07) is 9.10. The molecule has 31 heavy (non-hydrogen) atoms. The summed E-state index contributed by atoms with van der Waals surface area (Å²) in [5, 5.41) is 0. The molecule has 1 aromatic carbocycles. The number of rotatable bonds is 9. The van der Waals surface area contributed by atoms with Gasteiger partial charge >= 0.3 is 0 Å². The molecule has 2 aliphatic rings.